The summed E-state index contributed by atoms with van der Waals surface area (Å²) in [7, 11) is 0. The second-order valence-corrected chi connectivity index (χ2v) is 5.63. The fraction of sp³-hybridized carbons (Fsp3) is 0.0500. The van der Waals surface area contributed by atoms with E-state index in [1.807, 2.05) is 54.6 Å². The number of imidazole rings is 1. The molecule has 0 atom stereocenters. The second kappa shape index (κ2) is 6.57. The van der Waals surface area contributed by atoms with Crippen molar-refractivity contribution in [3.05, 3.63) is 78.9 Å². The lowest BCUT2D eigenvalue weighted by atomic mass is 10.1. The van der Waals surface area contributed by atoms with Crippen molar-refractivity contribution in [2.24, 2.45) is 0 Å². The van der Waals surface area contributed by atoms with Gasteiger partial charge in [0.05, 0.1) is 23.8 Å². The molecule has 2 heterocycles. The molecule has 124 valence electrons. The SMILES string of the molecule is Nc1ccoc1-c1ccc(-c2cnc(COc3ccccc3)[nH]2)cc1. The third-order valence-corrected chi connectivity index (χ3v) is 3.90. The van der Waals surface area contributed by atoms with Gasteiger partial charge in [0.2, 0.25) is 0 Å². The van der Waals surface area contributed by atoms with Crippen LogP contribution in [-0.4, -0.2) is 9.97 Å². The van der Waals surface area contributed by atoms with E-state index in [2.05, 4.69) is 9.97 Å². The molecule has 2 aromatic heterocycles. The van der Waals surface area contributed by atoms with Crippen molar-refractivity contribution >= 4 is 5.69 Å². The first kappa shape index (κ1) is 15.1. The number of hydrogen-bond donors (Lipinski definition) is 2. The quantitative estimate of drug-likeness (QED) is 0.564. The zero-order chi connectivity index (χ0) is 17.1. The number of nitrogen functional groups attached to an aromatic ring is 1. The van der Waals surface area contributed by atoms with Crippen LogP contribution in [0.3, 0.4) is 0 Å². The molecule has 0 amide bonds. The van der Waals surface area contributed by atoms with Crippen molar-refractivity contribution in [2.75, 3.05) is 5.73 Å². The number of anilines is 1. The van der Waals surface area contributed by atoms with Crippen LogP contribution in [0.2, 0.25) is 0 Å². The first-order valence-electron chi connectivity index (χ1n) is 7.95. The highest BCUT2D eigenvalue weighted by atomic mass is 16.5. The van der Waals surface area contributed by atoms with Crippen molar-refractivity contribution < 1.29 is 9.15 Å². The number of hydrogen-bond acceptors (Lipinski definition) is 4. The van der Waals surface area contributed by atoms with E-state index in [0.717, 1.165) is 28.4 Å². The van der Waals surface area contributed by atoms with Gasteiger partial charge in [-0.15, -0.1) is 0 Å². The Bertz CT molecular complexity index is 956. The number of aromatic amines is 1. The zero-order valence-corrected chi connectivity index (χ0v) is 13.5. The molecule has 0 saturated carbocycles. The lowest BCUT2D eigenvalue weighted by molar-refractivity contribution is 0.297. The molecule has 0 saturated heterocycles. The molecule has 4 rings (SSSR count). The number of H-pyrrole nitrogens is 1. The zero-order valence-electron chi connectivity index (χ0n) is 13.5. The maximum absolute atomic E-state index is 5.88. The van der Waals surface area contributed by atoms with E-state index in [1.165, 1.54) is 0 Å². The van der Waals surface area contributed by atoms with E-state index < -0.39 is 0 Å². The molecule has 25 heavy (non-hydrogen) atoms. The normalized spacial score (nSPS) is 10.7. The number of aromatic nitrogens is 2. The number of nitrogens with one attached hydrogen (secondary N) is 1. The third-order valence-electron chi connectivity index (χ3n) is 3.90. The fourth-order valence-corrected chi connectivity index (χ4v) is 2.61. The van der Waals surface area contributed by atoms with Crippen LogP contribution >= 0.6 is 0 Å². The minimum Gasteiger partial charge on any atom is -0.486 e. The first-order chi connectivity index (χ1) is 12.3. The Hall–Kier alpha value is -3.47. The molecule has 0 aliphatic rings. The number of nitrogens with zero attached hydrogens (tertiary/aromatic N) is 1. The molecule has 0 unspecified atom stereocenters. The van der Waals surface area contributed by atoms with Gasteiger partial charge in [-0.2, -0.15) is 0 Å². The lowest BCUT2D eigenvalue weighted by Crippen LogP contribution is -1.97. The minimum absolute atomic E-state index is 0.394. The predicted octanol–water partition coefficient (Wildman–Crippen LogP) is 4.50. The van der Waals surface area contributed by atoms with E-state index in [0.29, 0.717) is 18.1 Å². The largest absolute Gasteiger partial charge is 0.486 e. The van der Waals surface area contributed by atoms with E-state index in [9.17, 15) is 0 Å². The monoisotopic (exact) mass is 331 g/mol. The Balaban J connectivity index is 1.47. The summed E-state index contributed by atoms with van der Waals surface area (Å²) in [5.74, 6) is 2.28. The predicted molar refractivity (Wildman–Crippen MR) is 96.9 cm³/mol. The smallest absolute Gasteiger partial charge is 0.156 e. The minimum atomic E-state index is 0.394. The molecule has 0 aliphatic heterocycles. The Morgan fingerprint density at radius 2 is 1.72 bits per heavy atom. The molecule has 2 aromatic carbocycles. The van der Waals surface area contributed by atoms with Crippen molar-refractivity contribution in [3.63, 3.8) is 0 Å². The molecular weight excluding hydrogens is 314 g/mol. The average Bonchev–Trinajstić information content (AvgIpc) is 3.30. The standard InChI is InChI=1S/C20H17N3O2/c21-17-10-11-24-20(17)15-8-6-14(7-9-15)18-12-22-19(23-18)13-25-16-4-2-1-3-5-16/h1-12H,13,21H2,(H,22,23). The molecule has 5 nitrogen and oxygen atoms in total. The number of ether oxygens (including phenoxy) is 1. The van der Waals surface area contributed by atoms with E-state index in [-0.39, 0.29) is 0 Å². The van der Waals surface area contributed by atoms with Crippen LogP contribution in [0.5, 0.6) is 5.75 Å². The molecule has 0 fully saturated rings. The van der Waals surface area contributed by atoms with E-state index in [4.69, 9.17) is 14.9 Å². The third kappa shape index (κ3) is 3.26. The van der Waals surface area contributed by atoms with E-state index in [1.54, 1.807) is 18.5 Å². The van der Waals surface area contributed by atoms with Gasteiger partial charge in [-0.25, -0.2) is 4.98 Å². The van der Waals surface area contributed by atoms with Crippen LogP contribution in [-0.2, 0) is 6.61 Å². The summed E-state index contributed by atoms with van der Waals surface area (Å²) in [6.07, 6.45) is 3.40. The van der Waals surface area contributed by atoms with Gasteiger partial charge >= 0.3 is 0 Å². The average molecular weight is 331 g/mol. The van der Waals surface area contributed by atoms with Gasteiger partial charge in [-0.05, 0) is 17.7 Å². The van der Waals surface area contributed by atoms with Gasteiger partial charge in [0.1, 0.15) is 18.2 Å². The summed E-state index contributed by atoms with van der Waals surface area (Å²) in [6, 6.07) is 19.4. The summed E-state index contributed by atoms with van der Waals surface area (Å²) in [6.45, 7) is 0.394. The Morgan fingerprint density at radius 1 is 0.960 bits per heavy atom. The molecule has 4 aromatic rings. The van der Waals surface area contributed by atoms with Crippen molar-refractivity contribution in [1.82, 2.24) is 9.97 Å². The van der Waals surface area contributed by atoms with Gasteiger partial charge in [-0.3, -0.25) is 0 Å². The summed E-state index contributed by atoms with van der Waals surface area (Å²) in [5, 5.41) is 0. The number of furan rings is 1. The van der Waals surface area contributed by atoms with Crippen LogP contribution in [0.4, 0.5) is 5.69 Å². The molecule has 0 bridgehead atoms. The summed E-state index contributed by atoms with van der Waals surface area (Å²) >= 11 is 0. The maximum atomic E-state index is 5.88. The van der Waals surface area contributed by atoms with Crippen LogP contribution < -0.4 is 10.5 Å². The Morgan fingerprint density at radius 3 is 2.44 bits per heavy atom. The summed E-state index contributed by atoms with van der Waals surface area (Å²) in [4.78, 5) is 7.66. The molecule has 0 spiro atoms. The van der Waals surface area contributed by atoms with Gasteiger partial charge in [0.15, 0.2) is 5.76 Å². The second-order valence-electron chi connectivity index (χ2n) is 5.63. The van der Waals surface area contributed by atoms with Crippen LogP contribution in [0.25, 0.3) is 22.6 Å². The van der Waals surface area contributed by atoms with Crippen molar-refractivity contribution in [2.45, 2.75) is 6.61 Å². The maximum Gasteiger partial charge on any atom is 0.156 e. The van der Waals surface area contributed by atoms with Crippen molar-refractivity contribution in [3.8, 4) is 28.3 Å². The van der Waals surface area contributed by atoms with Gasteiger partial charge in [0, 0.05) is 11.6 Å². The van der Waals surface area contributed by atoms with Crippen LogP contribution in [0.1, 0.15) is 5.82 Å². The van der Waals surface area contributed by atoms with E-state index >= 15 is 0 Å². The highest BCUT2D eigenvalue weighted by molar-refractivity contribution is 5.73. The lowest BCUT2D eigenvalue weighted by Gasteiger charge is -2.03. The molecular formula is C20H17N3O2. The number of para-hydroxylation sites is 1. The first-order valence-corrected chi connectivity index (χ1v) is 7.95. The molecule has 0 radical (unpaired) electrons. The summed E-state index contributed by atoms with van der Waals surface area (Å²) < 4.78 is 11.1. The highest BCUT2D eigenvalue weighted by Gasteiger charge is 2.08. The Kier molecular flexibility index (Phi) is 3.96. The van der Waals surface area contributed by atoms with Crippen LogP contribution in [0.15, 0.2) is 77.5 Å². The topological polar surface area (TPSA) is 77.1 Å². The summed E-state index contributed by atoms with van der Waals surface area (Å²) in [5.41, 5.74) is 9.43. The van der Waals surface area contributed by atoms with Gasteiger partial charge in [-0.1, -0.05) is 42.5 Å². The number of rotatable bonds is 5. The van der Waals surface area contributed by atoms with Crippen LogP contribution in [0, 0.1) is 0 Å². The Labute approximate surface area is 145 Å². The molecule has 5 heteroatoms. The number of nitrogens with two attached hydrogens (primary N) is 1. The fourth-order valence-electron chi connectivity index (χ4n) is 2.61. The van der Waals surface area contributed by atoms with Gasteiger partial charge < -0.3 is 19.9 Å². The highest BCUT2D eigenvalue weighted by Crippen LogP contribution is 2.28. The molecule has 3 N–H and O–H groups in total. The van der Waals surface area contributed by atoms with Crippen molar-refractivity contribution in [1.29, 1.82) is 0 Å². The number of benzene rings is 2. The van der Waals surface area contributed by atoms with Gasteiger partial charge in [0.25, 0.3) is 0 Å². The molecule has 0 aliphatic carbocycles.